The minimum atomic E-state index is -0.340. The van der Waals surface area contributed by atoms with Crippen LogP contribution in [0.5, 0.6) is 0 Å². The number of H-pyrrole nitrogens is 1. The molecule has 27 heavy (non-hydrogen) atoms. The average molecular weight is 360 g/mol. The third kappa shape index (κ3) is 4.12. The van der Waals surface area contributed by atoms with Crippen LogP contribution in [0.2, 0.25) is 0 Å². The first-order valence-corrected chi connectivity index (χ1v) is 9.13. The molecule has 0 atom stereocenters. The van der Waals surface area contributed by atoms with Crippen LogP contribution >= 0.6 is 0 Å². The molecule has 0 unspecified atom stereocenters. The van der Waals surface area contributed by atoms with Gasteiger partial charge >= 0.3 is 0 Å². The zero-order valence-corrected chi connectivity index (χ0v) is 15.9. The Morgan fingerprint density at radius 3 is 2.85 bits per heavy atom. The van der Waals surface area contributed by atoms with Crippen molar-refractivity contribution in [1.82, 2.24) is 14.9 Å². The molecule has 3 aromatic rings. The fraction of sp³-hybridized carbons (Fsp3) is 0.273. The normalized spacial score (nSPS) is 11.7. The molecule has 2 N–H and O–H groups in total. The van der Waals surface area contributed by atoms with Gasteiger partial charge in [0.25, 0.3) is 5.91 Å². The molecule has 0 saturated heterocycles. The van der Waals surface area contributed by atoms with Gasteiger partial charge in [0.15, 0.2) is 0 Å². The third-order valence-corrected chi connectivity index (χ3v) is 4.66. The van der Waals surface area contributed by atoms with Gasteiger partial charge in [-0.25, -0.2) is 0 Å². The summed E-state index contributed by atoms with van der Waals surface area (Å²) in [5.74, 6) is -0.340. The number of hydrogen-bond acceptors (Lipinski definition) is 2. The number of nitrogens with zero attached hydrogens (tertiary/aromatic N) is 2. The number of benzene rings is 1. The van der Waals surface area contributed by atoms with E-state index in [-0.39, 0.29) is 11.5 Å². The molecule has 0 aliphatic heterocycles. The highest BCUT2D eigenvalue weighted by molar-refractivity contribution is 6.01. The van der Waals surface area contributed by atoms with Gasteiger partial charge in [-0.15, -0.1) is 0 Å². The van der Waals surface area contributed by atoms with Gasteiger partial charge in [0.1, 0.15) is 11.6 Å². The standard InChI is InChI=1S/C22H24N4O/c1-15(2)26-14-17(10-16(26)3)11-19(12-23)22(27)24-9-8-18-13-25-21-7-5-4-6-20(18)21/h4-7,10-11,13-15,25H,8-9H2,1-3H3,(H,24,27)/b19-11+. The van der Waals surface area contributed by atoms with E-state index in [2.05, 4.69) is 34.8 Å². The van der Waals surface area contributed by atoms with E-state index in [1.807, 2.05) is 49.7 Å². The number of hydrogen-bond donors (Lipinski definition) is 2. The summed E-state index contributed by atoms with van der Waals surface area (Å²) < 4.78 is 2.12. The van der Waals surface area contributed by atoms with Crippen LogP contribution in [-0.4, -0.2) is 22.0 Å². The van der Waals surface area contributed by atoms with Gasteiger partial charge < -0.3 is 14.9 Å². The van der Waals surface area contributed by atoms with Crippen molar-refractivity contribution in [2.75, 3.05) is 6.54 Å². The van der Waals surface area contributed by atoms with E-state index < -0.39 is 0 Å². The molecule has 0 bridgehead atoms. The molecule has 0 radical (unpaired) electrons. The Balaban J connectivity index is 1.65. The maximum atomic E-state index is 12.4. The zero-order valence-electron chi connectivity index (χ0n) is 15.9. The molecule has 0 fully saturated rings. The maximum Gasteiger partial charge on any atom is 0.261 e. The predicted octanol–water partition coefficient (Wildman–Crippen LogP) is 4.12. The molecular formula is C22H24N4O. The van der Waals surface area contributed by atoms with Crippen molar-refractivity contribution < 1.29 is 4.79 Å². The van der Waals surface area contributed by atoms with Crippen molar-refractivity contribution in [3.05, 3.63) is 65.1 Å². The Bertz CT molecular complexity index is 1030. The molecule has 2 aromatic heterocycles. The summed E-state index contributed by atoms with van der Waals surface area (Å²) >= 11 is 0. The van der Waals surface area contributed by atoms with Gasteiger partial charge in [0, 0.05) is 41.6 Å². The largest absolute Gasteiger partial charge is 0.361 e. The number of aryl methyl sites for hydroxylation is 1. The second-order valence-corrected chi connectivity index (χ2v) is 6.95. The highest BCUT2D eigenvalue weighted by Crippen LogP contribution is 2.18. The summed E-state index contributed by atoms with van der Waals surface area (Å²) in [5.41, 5.74) is 4.33. The number of aromatic amines is 1. The fourth-order valence-electron chi connectivity index (χ4n) is 3.31. The van der Waals surface area contributed by atoms with E-state index in [4.69, 9.17) is 0 Å². The predicted molar refractivity (Wildman–Crippen MR) is 108 cm³/mol. The number of rotatable bonds is 6. The molecule has 2 heterocycles. The lowest BCUT2D eigenvalue weighted by atomic mass is 10.1. The van der Waals surface area contributed by atoms with Crippen molar-refractivity contribution >= 4 is 22.9 Å². The van der Waals surface area contributed by atoms with E-state index in [0.717, 1.165) is 27.7 Å². The van der Waals surface area contributed by atoms with Crippen LogP contribution in [0.1, 0.15) is 36.7 Å². The molecule has 5 nitrogen and oxygen atoms in total. The van der Waals surface area contributed by atoms with Crippen LogP contribution in [-0.2, 0) is 11.2 Å². The van der Waals surface area contributed by atoms with Crippen molar-refractivity contribution in [2.45, 2.75) is 33.2 Å². The number of carbonyl (C=O) groups is 1. The van der Waals surface area contributed by atoms with Crippen molar-refractivity contribution in [3.8, 4) is 6.07 Å². The fourth-order valence-corrected chi connectivity index (χ4v) is 3.31. The first-order chi connectivity index (χ1) is 13.0. The summed E-state index contributed by atoms with van der Waals surface area (Å²) in [6.07, 6.45) is 6.29. The average Bonchev–Trinajstić information content (AvgIpc) is 3.23. The highest BCUT2D eigenvalue weighted by Gasteiger charge is 2.11. The molecule has 1 amide bonds. The Morgan fingerprint density at radius 2 is 2.15 bits per heavy atom. The van der Waals surface area contributed by atoms with Crippen molar-refractivity contribution in [2.24, 2.45) is 0 Å². The second-order valence-electron chi connectivity index (χ2n) is 6.95. The topological polar surface area (TPSA) is 73.6 Å². The minimum absolute atomic E-state index is 0.120. The lowest BCUT2D eigenvalue weighted by molar-refractivity contribution is -0.117. The summed E-state index contributed by atoms with van der Waals surface area (Å²) in [6, 6.07) is 12.4. The van der Waals surface area contributed by atoms with Gasteiger partial charge in [-0.1, -0.05) is 18.2 Å². The molecule has 3 rings (SSSR count). The Hall–Kier alpha value is -3.26. The first kappa shape index (κ1) is 18.5. The van der Waals surface area contributed by atoms with Crippen LogP contribution < -0.4 is 5.32 Å². The smallest absolute Gasteiger partial charge is 0.261 e. The van der Waals surface area contributed by atoms with Crippen LogP contribution in [0.4, 0.5) is 0 Å². The molecule has 1 aromatic carbocycles. The summed E-state index contributed by atoms with van der Waals surface area (Å²) in [5, 5.41) is 13.4. The van der Waals surface area contributed by atoms with Crippen molar-refractivity contribution in [3.63, 3.8) is 0 Å². The zero-order chi connectivity index (χ0) is 19.4. The van der Waals surface area contributed by atoms with Crippen molar-refractivity contribution in [1.29, 1.82) is 5.26 Å². The number of para-hydroxylation sites is 1. The molecule has 0 spiro atoms. The van der Waals surface area contributed by atoms with E-state index in [9.17, 15) is 10.1 Å². The minimum Gasteiger partial charge on any atom is -0.361 e. The maximum absolute atomic E-state index is 12.4. The number of nitriles is 1. The van der Waals surface area contributed by atoms with Gasteiger partial charge in [-0.3, -0.25) is 4.79 Å². The number of amides is 1. The number of nitrogens with one attached hydrogen (secondary N) is 2. The van der Waals surface area contributed by atoms with Gasteiger partial charge in [-0.2, -0.15) is 5.26 Å². The molecule has 5 heteroatoms. The Morgan fingerprint density at radius 1 is 1.37 bits per heavy atom. The summed E-state index contributed by atoms with van der Waals surface area (Å²) in [4.78, 5) is 15.6. The van der Waals surface area contributed by atoms with Crippen LogP contribution in [0, 0.1) is 18.3 Å². The molecule has 138 valence electrons. The van der Waals surface area contributed by atoms with Crippen LogP contribution in [0.25, 0.3) is 17.0 Å². The lowest BCUT2D eigenvalue weighted by Crippen LogP contribution is -2.26. The van der Waals surface area contributed by atoms with E-state index >= 15 is 0 Å². The SMILES string of the molecule is Cc1cc(/C=C(\C#N)C(=O)NCCc2c[nH]c3ccccc23)cn1C(C)C. The molecule has 0 aliphatic rings. The van der Waals surface area contributed by atoms with Crippen LogP contribution in [0.15, 0.2) is 48.3 Å². The number of fused-ring (bicyclic) bond motifs is 1. The third-order valence-electron chi connectivity index (χ3n) is 4.66. The number of aromatic nitrogens is 2. The van der Waals surface area contributed by atoms with E-state index in [1.54, 1.807) is 6.08 Å². The molecule has 0 aliphatic carbocycles. The number of carbonyl (C=O) groups excluding carboxylic acids is 1. The summed E-state index contributed by atoms with van der Waals surface area (Å²) in [7, 11) is 0. The van der Waals surface area contributed by atoms with E-state index in [1.165, 1.54) is 0 Å². The van der Waals surface area contributed by atoms with Gasteiger partial charge in [0.2, 0.25) is 0 Å². The quantitative estimate of drug-likeness (QED) is 0.512. The molecular weight excluding hydrogens is 336 g/mol. The summed E-state index contributed by atoms with van der Waals surface area (Å²) in [6.45, 7) is 6.70. The van der Waals surface area contributed by atoms with Crippen LogP contribution in [0.3, 0.4) is 0 Å². The van der Waals surface area contributed by atoms with Gasteiger partial charge in [-0.05, 0) is 56.5 Å². The molecule has 0 saturated carbocycles. The van der Waals surface area contributed by atoms with E-state index in [0.29, 0.717) is 19.0 Å². The lowest BCUT2D eigenvalue weighted by Gasteiger charge is -2.08. The Labute approximate surface area is 159 Å². The van der Waals surface area contributed by atoms with Gasteiger partial charge in [0.05, 0.1) is 0 Å². The first-order valence-electron chi connectivity index (χ1n) is 9.13. The second kappa shape index (κ2) is 7.96. The Kier molecular flexibility index (Phi) is 5.46. The monoisotopic (exact) mass is 360 g/mol. The highest BCUT2D eigenvalue weighted by atomic mass is 16.1.